The molecule has 0 bridgehead atoms. The van der Waals surface area contributed by atoms with Crippen LogP contribution in [0.3, 0.4) is 0 Å². The minimum atomic E-state index is 0.136. The van der Waals surface area contributed by atoms with Crippen molar-refractivity contribution in [1.29, 1.82) is 0 Å². The Kier molecular flexibility index (Phi) is 8.84. The molecule has 0 N–H and O–H groups in total. The molecule has 0 aliphatic heterocycles. The Morgan fingerprint density at radius 3 is 1.39 bits per heavy atom. The molecule has 0 saturated heterocycles. The Morgan fingerprint density at radius 1 is 0.722 bits per heavy atom. The zero-order valence-corrected chi connectivity index (χ0v) is 14.4. The zero-order valence-electron chi connectivity index (χ0n) is 11.4. The number of rotatable bonds is 4. The Hall–Kier alpha value is -0.629. The van der Waals surface area contributed by atoms with Gasteiger partial charge in [-0.3, -0.25) is 0 Å². The summed E-state index contributed by atoms with van der Waals surface area (Å²) < 4.78 is 2.60. The monoisotopic (exact) mass is 290 g/mol. The van der Waals surface area contributed by atoms with Crippen molar-refractivity contribution in [3.05, 3.63) is 71.8 Å². The summed E-state index contributed by atoms with van der Waals surface area (Å²) in [6, 6.07) is 21.6. The van der Waals surface area contributed by atoms with Crippen LogP contribution in [-0.4, -0.2) is 9.52 Å². The molecular formula is C16H22SiTi. The van der Waals surface area contributed by atoms with Gasteiger partial charge in [-0.15, -0.1) is 0 Å². The first kappa shape index (κ1) is 15.4. The van der Waals surface area contributed by atoms with Crippen LogP contribution in [0.2, 0.25) is 13.1 Å². The SMILES string of the molecule is C[SiH2]C.c1ccc([CH2][Ti][CH2]c2ccccc2)cc1. The minimum absolute atomic E-state index is 0.136. The molecule has 94 valence electrons. The molecule has 0 spiro atoms. The number of hydrogen-bond donors (Lipinski definition) is 0. The van der Waals surface area contributed by atoms with E-state index < -0.39 is 0 Å². The predicted octanol–water partition coefficient (Wildman–Crippen LogP) is 3.72. The Labute approximate surface area is 123 Å². The van der Waals surface area contributed by atoms with Gasteiger partial charge in [0.15, 0.2) is 0 Å². The van der Waals surface area contributed by atoms with Crippen molar-refractivity contribution < 1.29 is 19.2 Å². The standard InChI is InChI=1S/2C7H7.C2H8Si.Ti/c2*1-7-5-3-2-4-6-7;1-3-2;/h2*2-6H,1H2;3H2,1-2H3;. The average molecular weight is 290 g/mol. The van der Waals surface area contributed by atoms with Gasteiger partial charge in [-0.05, 0) is 0 Å². The summed E-state index contributed by atoms with van der Waals surface area (Å²) in [5.74, 6) is 0. The fraction of sp³-hybridized carbons (Fsp3) is 0.250. The van der Waals surface area contributed by atoms with Crippen molar-refractivity contribution in [3.63, 3.8) is 0 Å². The van der Waals surface area contributed by atoms with Crippen LogP contribution < -0.4 is 0 Å². The van der Waals surface area contributed by atoms with Crippen molar-refractivity contribution in [2.45, 2.75) is 22.5 Å². The molecule has 0 aliphatic rings. The Balaban J connectivity index is 0.000000492. The molecule has 0 nitrogen and oxygen atoms in total. The van der Waals surface area contributed by atoms with Crippen molar-refractivity contribution in [2.75, 3.05) is 0 Å². The topological polar surface area (TPSA) is 0 Å². The Bertz CT molecular complexity index is 360. The first-order valence-corrected chi connectivity index (χ1v) is 11.7. The molecule has 2 aromatic carbocycles. The average Bonchev–Trinajstić information content (AvgIpc) is 2.42. The zero-order chi connectivity index (χ0) is 13.1. The second-order valence-corrected chi connectivity index (χ2v) is 7.58. The molecule has 0 amide bonds. The third kappa shape index (κ3) is 6.95. The normalized spacial score (nSPS) is 9.22. The van der Waals surface area contributed by atoms with Crippen LogP contribution in [0.4, 0.5) is 0 Å². The van der Waals surface area contributed by atoms with Crippen molar-refractivity contribution in [2.24, 2.45) is 0 Å². The van der Waals surface area contributed by atoms with Gasteiger partial charge in [0.2, 0.25) is 0 Å². The van der Waals surface area contributed by atoms with E-state index in [0.717, 1.165) is 0 Å². The maximum absolute atomic E-state index is 2.26. The van der Waals surface area contributed by atoms with E-state index in [1.807, 2.05) is 0 Å². The van der Waals surface area contributed by atoms with E-state index in [0.29, 0.717) is 9.52 Å². The van der Waals surface area contributed by atoms with Crippen molar-refractivity contribution >= 4 is 9.52 Å². The van der Waals surface area contributed by atoms with Crippen molar-refractivity contribution in [3.8, 4) is 0 Å². The van der Waals surface area contributed by atoms with Crippen LogP contribution in [0.1, 0.15) is 11.1 Å². The van der Waals surface area contributed by atoms with Gasteiger partial charge in [0.25, 0.3) is 0 Å². The van der Waals surface area contributed by atoms with Crippen LogP contribution in [0, 0.1) is 0 Å². The van der Waals surface area contributed by atoms with Gasteiger partial charge >= 0.3 is 100 Å². The van der Waals surface area contributed by atoms with E-state index in [4.69, 9.17) is 0 Å². The Morgan fingerprint density at radius 2 is 1.06 bits per heavy atom. The second kappa shape index (κ2) is 10.3. The van der Waals surface area contributed by atoms with Gasteiger partial charge in [-0.2, -0.15) is 0 Å². The maximum atomic E-state index is 2.26. The van der Waals surface area contributed by atoms with Crippen LogP contribution >= 0.6 is 0 Å². The number of hydrogen-bond acceptors (Lipinski definition) is 0. The molecule has 0 aliphatic carbocycles. The van der Waals surface area contributed by atoms with Crippen LogP contribution in [0.5, 0.6) is 0 Å². The van der Waals surface area contributed by atoms with E-state index in [9.17, 15) is 0 Å². The summed E-state index contributed by atoms with van der Waals surface area (Å²) in [7, 11) is 0.417. The van der Waals surface area contributed by atoms with E-state index >= 15 is 0 Å². The van der Waals surface area contributed by atoms with Gasteiger partial charge in [-0.25, -0.2) is 0 Å². The summed E-state index contributed by atoms with van der Waals surface area (Å²) in [5, 5.41) is 0. The molecule has 2 heteroatoms. The van der Waals surface area contributed by atoms with E-state index in [-0.39, 0.29) is 19.2 Å². The summed E-state index contributed by atoms with van der Waals surface area (Å²) in [4.78, 5) is 0. The summed E-state index contributed by atoms with van der Waals surface area (Å²) in [6.07, 6.45) is 0. The molecule has 0 heterocycles. The van der Waals surface area contributed by atoms with Crippen LogP contribution in [-0.2, 0) is 28.6 Å². The quantitative estimate of drug-likeness (QED) is 0.753. The molecular weight excluding hydrogens is 268 g/mol. The molecule has 2 aromatic rings. The third-order valence-corrected chi connectivity index (χ3v) is 4.40. The van der Waals surface area contributed by atoms with Gasteiger partial charge < -0.3 is 0 Å². The van der Waals surface area contributed by atoms with E-state index in [1.54, 1.807) is 0 Å². The van der Waals surface area contributed by atoms with Crippen molar-refractivity contribution in [1.82, 2.24) is 0 Å². The van der Waals surface area contributed by atoms with Gasteiger partial charge in [0.05, 0.1) is 0 Å². The second-order valence-electron chi connectivity index (χ2n) is 4.28. The molecule has 2 rings (SSSR count). The molecule has 0 aromatic heterocycles. The summed E-state index contributed by atoms with van der Waals surface area (Å²) in [5.41, 5.74) is 2.99. The fourth-order valence-corrected chi connectivity index (χ4v) is 3.38. The van der Waals surface area contributed by atoms with Gasteiger partial charge in [-0.1, -0.05) is 13.1 Å². The van der Waals surface area contributed by atoms with Gasteiger partial charge in [0.1, 0.15) is 0 Å². The number of benzene rings is 2. The predicted molar refractivity (Wildman–Crippen MR) is 80.6 cm³/mol. The van der Waals surface area contributed by atoms with Gasteiger partial charge in [0, 0.05) is 9.52 Å². The first-order valence-electron chi connectivity index (χ1n) is 6.65. The fourth-order valence-electron chi connectivity index (χ4n) is 1.54. The molecule has 0 unspecified atom stereocenters. The molecule has 18 heavy (non-hydrogen) atoms. The first-order chi connectivity index (χ1) is 8.86. The van der Waals surface area contributed by atoms with E-state index in [2.05, 4.69) is 73.8 Å². The molecule has 0 saturated carbocycles. The van der Waals surface area contributed by atoms with E-state index in [1.165, 1.54) is 20.6 Å². The van der Waals surface area contributed by atoms with Crippen LogP contribution in [0.15, 0.2) is 60.7 Å². The molecule has 0 fully saturated rings. The molecule has 0 radical (unpaired) electrons. The summed E-state index contributed by atoms with van der Waals surface area (Å²) in [6.45, 7) is 4.53. The third-order valence-electron chi connectivity index (χ3n) is 2.34. The molecule has 0 atom stereocenters. The summed E-state index contributed by atoms with van der Waals surface area (Å²) >= 11 is 0.136. The van der Waals surface area contributed by atoms with Crippen LogP contribution in [0.25, 0.3) is 0 Å².